The minimum absolute atomic E-state index is 0.470. The number of nitrogens with two attached hydrogens (primary N) is 1. The first kappa shape index (κ1) is 30.2. The van der Waals surface area contributed by atoms with Crippen molar-refractivity contribution >= 4 is 35.3 Å². The number of aromatic nitrogens is 2. The van der Waals surface area contributed by atoms with Crippen LogP contribution in [0.4, 0.5) is 41.2 Å². The Labute approximate surface area is 196 Å². The first-order valence-electron chi connectivity index (χ1n) is 10.1. The first-order valence-corrected chi connectivity index (χ1v) is 10.1. The van der Waals surface area contributed by atoms with Gasteiger partial charge in [-0.15, -0.1) is 0 Å². The minimum atomic E-state index is -5.19. The maximum absolute atomic E-state index is 11.5. The summed E-state index contributed by atoms with van der Waals surface area (Å²) in [7, 11) is 0. The topological polar surface area (TPSA) is 154 Å². The zero-order valence-corrected chi connectivity index (χ0v) is 19.6. The van der Waals surface area contributed by atoms with E-state index in [2.05, 4.69) is 25.9 Å². The summed E-state index contributed by atoms with van der Waals surface area (Å²) in [5, 5.41) is 17.5. The van der Waals surface area contributed by atoms with Gasteiger partial charge in [-0.05, 0) is 58.9 Å². The van der Waals surface area contributed by atoms with Gasteiger partial charge in [0.05, 0.1) is 0 Å². The molecule has 0 aromatic carbocycles. The molecule has 0 unspecified atom stereocenters. The summed E-state index contributed by atoms with van der Waals surface area (Å²) >= 11 is 0. The minimum Gasteiger partial charge on any atom is -0.542 e. The highest BCUT2D eigenvalue weighted by Crippen LogP contribution is 2.12. The number of aliphatic carboxylic acids is 1. The van der Waals surface area contributed by atoms with Gasteiger partial charge in [0.25, 0.3) is 0 Å². The molecule has 0 saturated heterocycles. The molecule has 0 atom stereocenters. The molecule has 2 aromatic rings. The first-order chi connectivity index (χ1) is 15.7. The Morgan fingerprint density at radius 2 is 1.38 bits per heavy atom. The standard InChI is InChI=1S/C12H19N3O2.C7H11N3.C2HF3O2/c1-5-13-9-7-6-8-10(14-9)15-11(16)17-12(2,3)4;1-2-9-7-5-3-4-6(8)10-7;3-2(4,5)1(6)7/h6-8H,5H2,1-4H3,(H2,13,14,15,16);3-5H,2H2,1H3,(H3,8,9,10);(H,6,7)/p-1. The van der Waals surface area contributed by atoms with Crippen LogP contribution in [-0.4, -0.2) is 46.9 Å². The number of anilines is 4. The number of alkyl halides is 3. The second-order valence-electron chi connectivity index (χ2n) is 7.33. The lowest BCUT2D eigenvalue weighted by molar-refractivity contribution is -0.344. The molecule has 34 heavy (non-hydrogen) atoms. The third-order valence-electron chi connectivity index (χ3n) is 3.10. The van der Waals surface area contributed by atoms with Crippen LogP contribution in [0.5, 0.6) is 0 Å². The number of hydrogen-bond acceptors (Lipinski definition) is 9. The van der Waals surface area contributed by atoms with Crippen LogP contribution in [0.3, 0.4) is 0 Å². The van der Waals surface area contributed by atoms with E-state index in [1.165, 1.54) is 0 Å². The maximum atomic E-state index is 11.5. The fourth-order valence-electron chi connectivity index (χ4n) is 1.92. The molecule has 0 bridgehead atoms. The van der Waals surface area contributed by atoms with E-state index >= 15 is 0 Å². The summed E-state index contributed by atoms with van der Waals surface area (Å²) in [5.74, 6) is -0.424. The Kier molecular flexibility index (Phi) is 12.8. The average Bonchev–Trinajstić information content (AvgIpc) is 2.67. The number of carboxylic acids is 1. The number of amides is 1. The van der Waals surface area contributed by atoms with Gasteiger partial charge < -0.3 is 31.0 Å². The molecule has 0 aliphatic heterocycles. The van der Waals surface area contributed by atoms with Gasteiger partial charge in [-0.2, -0.15) is 13.2 Å². The summed E-state index contributed by atoms with van der Waals surface area (Å²) in [6, 6.07) is 10.9. The van der Waals surface area contributed by atoms with Crippen molar-refractivity contribution in [2.45, 2.75) is 46.4 Å². The fourth-order valence-corrected chi connectivity index (χ4v) is 1.92. The fraction of sp³-hybridized carbons (Fsp3) is 0.429. The Bertz CT molecular complexity index is 905. The van der Waals surface area contributed by atoms with Crippen LogP contribution >= 0.6 is 0 Å². The highest BCUT2D eigenvalue weighted by atomic mass is 19.4. The van der Waals surface area contributed by atoms with E-state index in [1.807, 2.05) is 58.9 Å². The van der Waals surface area contributed by atoms with Crippen LogP contribution in [0.1, 0.15) is 34.6 Å². The van der Waals surface area contributed by atoms with E-state index in [0.29, 0.717) is 11.6 Å². The van der Waals surface area contributed by atoms with Crippen LogP contribution < -0.4 is 26.8 Å². The molecule has 2 aromatic heterocycles. The Morgan fingerprint density at radius 1 is 0.941 bits per heavy atom. The van der Waals surface area contributed by atoms with Gasteiger partial charge in [0.1, 0.15) is 34.8 Å². The summed E-state index contributed by atoms with van der Waals surface area (Å²) in [6.45, 7) is 11.1. The van der Waals surface area contributed by atoms with E-state index in [-0.39, 0.29) is 0 Å². The zero-order chi connectivity index (χ0) is 26.4. The number of nitrogens with one attached hydrogen (secondary N) is 3. The predicted molar refractivity (Wildman–Crippen MR) is 122 cm³/mol. The molecule has 0 spiro atoms. The molecular weight excluding hydrogens is 457 g/mol. The van der Waals surface area contributed by atoms with Gasteiger partial charge in [0, 0.05) is 13.1 Å². The van der Waals surface area contributed by atoms with E-state index in [0.717, 1.165) is 24.7 Å². The lowest BCUT2D eigenvalue weighted by Crippen LogP contribution is -2.37. The molecule has 13 heteroatoms. The molecule has 1 amide bonds. The van der Waals surface area contributed by atoms with Gasteiger partial charge in [-0.25, -0.2) is 14.8 Å². The van der Waals surface area contributed by atoms with Gasteiger partial charge >= 0.3 is 12.3 Å². The highest BCUT2D eigenvalue weighted by Gasteiger charge is 2.28. The van der Waals surface area contributed by atoms with Crippen molar-refractivity contribution in [3.63, 3.8) is 0 Å². The number of pyridine rings is 2. The quantitative estimate of drug-likeness (QED) is 0.497. The summed E-state index contributed by atoms with van der Waals surface area (Å²) in [6.07, 6.45) is -5.70. The molecule has 190 valence electrons. The number of carbonyl (C=O) groups excluding carboxylic acids is 2. The third kappa shape index (κ3) is 15.1. The number of carbonyl (C=O) groups is 2. The highest BCUT2D eigenvalue weighted by molar-refractivity contribution is 5.83. The molecule has 2 heterocycles. The van der Waals surface area contributed by atoms with Crippen LogP contribution in [0.15, 0.2) is 36.4 Å². The van der Waals surface area contributed by atoms with E-state index in [1.54, 1.807) is 12.1 Å². The number of nitrogens with zero attached hydrogens (tertiary/aromatic N) is 2. The smallest absolute Gasteiger partial charge is 0.430 e. The van der Waals surface area contributed by atoms with E-state index < -0.39 is 23.8 Å². The monoisotopic (exact) mass is 487 g/mol. The second-order valence-corrected chi connectivity index (χ2v) is 7.33. The Balaban J connectivity index is 0.000000541. The second kappa shape index (κ2) is 14.4. The van der Waals surface area contributed by atoms with Gasteiger partial charge in [-0.3, -0.25) is 5.32 Å². The summed E-state index contributed by atoms with van der Waals surface area (Å²) in [5.41, 5.74) is 4.93. The van der Waals surface area contributed by atoms with E-state index in [4.69, 9.17) is 20.4 Å². The van der Waals surface area contributed by atoms with Crippen molar-refractivity contribution in [1.82, 2.24) is 9.97 Å². The third-order valence-corrected chi connectivity index (χ3v) is 3.10. The molecule has 5 N–H and O–H groups in total. The lowest BCUT2D eigenvalue weighted by Gasteiger charge is -2.19. The maximum Gasteiger partial charge on any atom is 0.430 e. The van der Waals surface area contributed by atoms with Crippen molar-refractivity contribution < 1.29 is 32.6 Å². The molecular formula is C21H30F3N6O4-. The van der Waals surface area contributed by atoms with Crippen molar-refractivity contribution in [3.8, 4) is 0 Å². The number of carboxylic acid groups (broad SMARTS) is 1. The number of rotatable bonds is 5. The molecule has 2 rings (SSSR count). The number of halogens is 3. The van der Waals surface area contributed by atoms with Crippen molar-refractivity contribution in [3.05, 3.63) is 36.4 Å². The average molecular weight is 488 g/mol. The van der Waals surface area contributed by atoms with Crippen molar-refractivity contribution in [2.75, 3.05) is 34.8 Å². The van der Waals surface area contributed by atoms with Crippen LogP contribution in [0.2, 0.25) is 0 Å². The number of nitrogen functional groups attached to an aromatic ring is 1. The van der Waals surface area contributed by atoms with Gasteiger partial charge in [-0.1, -0.05) is 12.1 Å². The normalized spacial score (nSPS) is 10.5. The van der Waals surface area contributed by atoms with Gasteiger partial charge in [0.15, 0.2) is 0 Å². The molecule has 0 radical (unpaired) electrons. The summed E-state index contributed by atoms with van der Waals surface area (Å²) < 4.78 is 36.7. The lowest BCUT2D eigenvalue weighted by atomic mass is 10.2. The number of hydrogen-bond donors (Lipinski definition) is 4. The van der Waals surface area contributed by atoms with Crippen LogP contribution in [0, 0.1) is 0 Å². The largest absolute Gasteiger partial charge is 0.542 e. The SMILES string of the molecule is CCNc1cccc(N)n1.CCNc1cccc(NC(=O)OC(C)(C)C)n1.O=C([O-])C(F)(F)F. The number of ether oxygens (including phenoxy) is 1. The van der Waals surface area contributed by atoms with E-state index in [9.17, 15) is 18.0 Å². The van der Waals surface area contributed by atoms with Crippen LogP contribution in [0.25, 0.3) is 0 Å². The Morgan fingerprint density at radius 3 is 1.79 bits per heavy atom. The van der Waals surface area contributed by atoms with Crippen molar-refractivity contribution in [2.24, 2.45) is 0 Å². The zero-order valence-electron chi connectivity index (χ0n) is 19.6. The predicted octanol–water partition coefficient (Wildman–Crippen LogP) is 3.25. The van der Waals surface area contributed by atoms with Gasteiger partial charge in [0.2, 0.25) is 0 Å². The Hall–Kier alpha value is -3.77. The molecule has 0 fully saturated rings. The van der Waals surface area contributed by atoms with Crippen LogP contribution in [-0.2, 0) is 9.53 Å². The molecule has 0 saturated carbocycles. The molecule has 10 nitrogen and oxygen atoms in total. The van der Waals surface area contributed by atoms with Crippen molar-refractivity contribution in [1.29, 1.82) is 0 Å². The molecule has 0 aliphatic rings. The summed E-state index contributed by atoms with van der Waals surface area (Å²) in [4.78, 5) is 28.5. The molecule has 0 aliphatic carbocycles.